The number of benzene rings is 1. The molecule has 9 heteroatoms. The molecule has 0 spiro atoms. The van der Waals surface area contributed by atoms with Crippen molar-refractivity contribution >= 4 is 21.3 Å². The zero-order valence-electron chi connectivity index (χ0n) is 14.3. The molecule has 0 aliphatic carbocycles. The molecule has 1 fully saturated rings. The van der Waals surface area contributed by atoms with Crippen LogP contribution in [0.2, 0.25) is 0 Å². The van der Waals surface area contributed by atoms with E-state index in [4.69, 9.17) is 0 Å². The number of alkyl halides is 2. The Bertz CT molecular complexity index is 832. The van der Waals surface area contributed by atoms with Crippen molar-refractivity contribution in [3.8, 4) is 0 Å². The number of anilines is 2. The molecule has 0 radical (unpaired) electrons. The molecule has 26 heavy (non-hydrogen) atoms. The summed E-state index contributed by atoms with van der Waals surface area (Å²) < 4.78 is 48.3. The van der Waals surface area contributed by atoms with Crippen LogP contribution in [0, 0.1) is 0 Å². The summed E-state index contributed by atoms with van der Waals surface area (Å²) in [7, 11) is -2.65. The number of nitrogens with zero attached hydrogens (tertiary/aromatic N) is 4. The summed E-state index contributed by atoms with van der Waals surface area (Å²) in [6.45, 7) is 1.65. The fourth-order valence-electron chi connectivity index (χ4n) is 3.13. The molecule has 1 aromatic heterocycles. The summed E-state index contributed by atoms with van der Waals surface area (Å²) in [5.41, 5.74) is 0.782. The van der Waals surface area contributed by atoms with Gasteiger partial charge in [0.25, 0.3) is 0 Å². The number of hydrogen-bond donors (Lipinski definition) is 0. The SMILES string of the molecule is CN(c1ccc(S(=O)(=O)C(F)F)cc1)C1CCCN(c2cccnn2)C1. The molecule has 0 N–H and O–H groups in total. The van der Waals surface area contributed by atoms with Gasteiger partial charge in [0.1, 0.15) is 0 Å². The number of hydrogen-bond acceptors (Lipinski definition) is 6. The summed E-state index contributed by atoms with van der Waals surface area (Å²) in [4.78, 5) is 3.84. The van der Waals surface area contributed by atoms with Gasteiger partial charge in [0.2, 0.25) is 9.84 Å². The highest BCUT2D eigenvalue weighted by Gasteiger charge is 2.27. The van der Waals surface area contributed by atoms with Crippen LogP contribution < -0.4 is 9.80 Å². The predicted octanol–water partition coefficient (Wildman–Crippen LogP) is 2.58. The van der Waals surface area contributed by atoms with Gasteiger partial charge in [0.15, 0.2) is 5.82 Å². The fourth-order valence-corrected chi connectivity index (χ4v) is 3.85. The van der Waals surface area contributed by atoms with Crippen molar-refractivity contribution in [2.75, 3.05) is 29.9 Å². The molecule has 6 nitrogen and oxygen atoms in total. The second-order valence-corrected chi connectivity index (χ2v) is 8.15. The monoisotopic (exact) mass is 382 g/mol. The lowest BCUT2D eigenvalue weighted by molar-refractivity contribution is 0.234. The van der Waals surface area contributed by atoms with Crippen LogP contribution in [0.4, 0.5) is 20.3 Å². The highest BCUT2D eigenvalue weighted by atomic mass is 32.2. The van der Waals surface area contributed by atoms with Crippen molar-refractivity contribution in [1.82, 2.24) is 10.2 Å². The Balaban J connectivity index is 1.73. The molecule has 1 unspecified atom stereocenters. The third-order valence-electron chi connectivity index (χ3n) is 4.63. The van der Waals surface area contributed by atoms with Gasteiger partial charge in [-0.1, -0.05) is 0 Å². The average Bonchev–Trinajstić information content (AvgIpc) is 2.68. The minimum absolute atomic E-state index is 0.198. The number of halogens is 2. The van der Waals surface area contributed by atoms with E-state index in [9.17, 15) is 17.2 Å². The quantitative estimate of drug-likeness (QED) is 0.792. The van der Waals surface area contributed by atoms with E-state index in [1.54, 1.807) is 18.3 Å². The van der Waals surface area contributed by atoms with E-state index >= 15 is 0 Å². The molecular weight excluding hydrogens is 362 g/mol. The van der Waals surface area contributed by atoms with Gasteiger partial charge in [0.05, 0.1) is 4.90 Å². The first-order chi connectivity index (χ1) is 12.4. The predicted molar refractivity (Wildman–Crippen MR) is 95.3 cm³/mol. The van der Waals surface area contributed by atoms with Crippen LogP contribution in [0.15, 0.2) is 47.5 Å². The van der Waals surface area contributed by atoms with Gasteiger partial charge in [-0.25, -0.2) is 8.42 Å². The molecule has 2 aromatic rings. The zero-order valence-corrected chi connectivity index (χ0v) is 15.1. The average molecular weight is 382 g/mol. The lowest BCUT2D eigenvalue weighted by Crippen LogP contribution is -2.47. The molecule has 1 aliphatic heterocycles. The van der Waals surface area contributed by atoms with Gasteiger partial charge in [0, 0.05) is 38.1 Å². The molecule has 1 saturated heterocycles. The lowest BCUT2D eigenvalue weighted by Gasteiger charge is -2.39. The topological polar surface area (TPSA) is 66.4 Å². The molecule has 0 bridgehead atoms. The van der Waals surface area contributed by atoms with E-state index in [2.05, 4.69) is 15.1 Å². The normalized spacial score (nSPS) is 18.2. The smallest absolute Gasteiger partial charge is 0.341 e. The van der Waals surface area contributed by atoms with Crippen LogP contribution >= 0.6 is 0 Å². The largest absolute Gasteiger partial charge is 0.370 e. The van der Waals surface area contributed by atoms with Crippen molar-refractivity contribution in [3.63, 3.8) is 0 Å². The summed E-state index contributed by atoms with van der Waals surface area (Å²) in [5.74, 6) is -2.59. The van der Waals surface area contributed by atoms with E-state index in [0.29, 0.717) is 0 Å². The van der Waals surface area contributed by atoms with Crippen LogP contribution in [0.1, 0.15) is 12.8 Å². The fraction of sp³-hybridized carbons (Fsp3) is 0.412. The van der Waals surface area contributed by atoms with Gasteiger partial charge >= 0.3 is 5.76 Å². The Kier molecular flexibility index (Phi) is 5.36. The van der Waals surface area contributed by atoms with Gasteiger partial charge < -0.3 is 9.80 Å². The van der Waals surface area contributed by atoms with Crippen LogP contribution in [0.5, 0.6) is 0 Å². The standard InChI is InChI=1S/C17H20F2N4O2S/c1-22(13-6-8-15(9-7-13)26(24,25)17(18)19)14-4-3-11-23(12-14)16-5-2-10-20-21-16/h2,5-10,14,17H,3-4,11-12H2,1H3. The molecule has 1 aliphatic rings. The van der Waals surface area contributed by atoms with Gasteiger partial charge in [-0.05, 0) is 49.2 Å². The Morgan fingerprint density at radius 1 is 1.23 bits per heavy atom. The maximum atomic E-state index is 12.6. The minimum Gasteiger partial charge on any atom is -0.370 e. The Morgan fingerprint density at radius 3 is 2.58 bits per heavy atom. The molecule has 1 atom stereocenters. The van der Waals surface area contributed by atoms with Crippen molar-refractivity contribution in [2.45, 2.75) is 29.5 Å². The van der Waals surface area contributed by atoms with Crippen LogP contribution in [-0.2, 0) is 9.84 Å². The molecule has 140 valence electrons. The van der Waals surface area contributed by atoms with Crippen molar-refractivity contribution in [3.05, 3.63) is 42.6 Å². The first-order valence-corrected chi connectivity index (χ1v) is 9.82. The molecule has 0 saturated carbocycles. The molecule has 2 heterocycles. The Labute approximate surface area is 151 Å². The van der Waals surface area contributed by atoms with E-state index < -0.39 is 15.6 Å². The second-order valence-electron chi connectivity index (χ2n) is 6.23. The van der Waals surface area contributed by atoms with Crippen LogP contribution in [0.25, 0.3) is 0 Å². The number of aromatic nitrogens is 2. The number of rotatable bonds is 5. The maximum Gasteiger partial charge on any atom is 0.341 e. The van der Waals surface area contributed by atoms with Crippen molar-refractivity contribution in [2.24, 2.45) is 0 Å². The number of likely N-dealkylation sites (N-methyl/N-ethyl adjacent to an activating group) is 1. The van der Waals surface area contributed by atoms with Crippen molar-refractivity contribution < 1.29 is 17.2 Å². The molecule has 3 rings (SSSR count). The number of sulfone groups is 1. The number of piperidine rings is 1. The van der Waals surface area contributed by atoms with Gasteiger partial charge in [-0.3, -0.25) is 0 Å². The van der Waals surface area contributed by atoms with E-state index in [1.165, 1.54) is 12.1 Å². The highest BCUT2D eigenvalue weighted by Crippen LogP contribution is 2.26. The van der Waals surface area contributed by atoms with Crippen LogP contribution in [0.3, 0.4) is 0 Å². The highest BCUT2D eigenvalue weighted by molar-refractivity contribution is 7.91. The summed E-state index contributed by atoms with van der Waals surface area (Å²) >= 11 is 0. The minimum atomic E-state index is -4.56. The van der Waals surface area contributed by atoms with E-state index in [1.807, 2.05) is 24.1 Å². The Morgan fingerprint density at radius 2 is 1.96 bits per heavy atom. The molecule has 1 aromatic carbocycles. The zero-order chi connectivity index (χ0) is 18.7. The first-order valence-electron chi connectivity index (χ1n) is 8.27. The van der Waals surface area contributed by atoms with E-state index in [0.717, 1.165) is 37.4 Å². The third-order valence-corrected chi connectivity index (χ3v) is 6.03. The van der Waals surface area contributed by atoms with Gasteiger partial charge in [-0.2, -0.15) is 13.9 Å². The third kappa shape index (κ3) is 3.77. The Hall–Kier alpha value is -2.29. The second kappa shape index (κ2) is 7.53. The van der Waals surface area contributed by atoms with Crippen molar-refractivity contribution in [1.29, 1.82) is 0 Å². The summed E-state index contributed by atoms with van der Waals surface area (Å²) in [5, 5.41) is 8.06. The van der Waals surface area contributed by atoms with Gasteiger partial charge in [-0.15, -0.1) is 5.10 Å². The first kappa shape index (κ1) is 18.5. The summed E-state index contributed by atoms with van der Waals surface area (Å²) in [6, 6.07) is 9.56. The van der Waals surface area contributed by atoms with Crippen LogP contribution in [-0.4, -0.2) is 50.6 Å². The molecular formula is C17H20F2N4O2S. The maximum absolute atomic E-state index is 12.6. The lowest BCUT2D eigenvalue weighted by atomic mass is 10.0. The summed E-state index contributed by atoms with van der Waals surface area (Å²) in [6.07, 6.45) is 3.60. The van der Waals surface area contributed by atoms with E-state index in [-0.39, 0.29) is 10.9 Å². The molecule has 0 amide bonds.